The molecule has 5 rings (SSSR count). The third-order valence-corrected chi connectivity index (χ3v) is 6.75. The van der Waals surface area contributed by atoms with E-state index in [1.54, 1.807) is 12.1 Å². The number of thiophene rings is 1. The Morgan fingerprint density at radius 1 is 1.09 bits per heavy atom. The third-order valence-electron chi connectivity index (χ3n) is 5.66. The number of hydrogen-bond donors (Lipinski definition) is 1. The molecular weight excluding hydrogens is 481 g/mol. The monoisotopic (exact) mass is 498 g/mol. The van der Waals surface area contributed by atoms with Crippen molar-refractivity contribution in [2.45, 2.75) is 25.2 Å². The fraction of sp³-hybridized carbons (Fsp3) is 0.167. The number of para-hydroxylation sites is 2. The lowest BCUT2D eigenvalue weighted by molar-refractivity contribution is -0.158. The molecule has 4 aromatic rings. The molecule has 2 aromatic heterocycles. The molecule has 0 spiro atoms. The van der Waals surface area contributed by atoms with Crippen LogP contribution in [0.2, 0.25) is 0 Å². The van der Waals surface area contributed by atoms with Crippen LogP contribution >= 0.6 is 11.3 Å². The Kier molecular flexibility index (Phi) is 5.64. The Morgan fingerprint density at radius 2 is 1.80 bits per heavy atom. The van der Waals surface area contributed by atoms with E-state index in [2.05, 4.69) is 10.3 Å². The topological polar surface area (TPSA) is 84.3 Å². The van der Waals surface area contributed by atoms with Gasteiger partial charge in [-0.05, 0) is 23.8 Å². The van der Waals surface area contributed by atoms with Crippen LogP contribution in [-0.4, -0.2) is 33.6 Å². The number of anilines is 2. The molecule has 1 aliphatic rings. The van der Waals surface area contributed by atoms with Gasteiger partial charge in [-0.15, -0.1) is 11.3 Å². The molecule has 35 heavy (non-hydrogen) atoms. The molecule has 1 unspecified atom stereocenters. The van der Waals surface area contributed by atoms with Gasteiger partial charge in [0.2, 0.25) is 11.8 Å². The van der Waals surface area contributed by atoms with Gasteiger partial charge in [0.25, 0.3) is 5.56 Å². The van der Waals surface area contributed by atoms with Gasteiger partial charge >= 0.3 is 6.18 Å². The minimum absolute atomic E-state index is 0.0869. The number of benzene rings is 2. The van der Waals surface area contributed by atoms with Crippen molar-refractivity contribution < 1.29 is 22.8 Å². The number of nitrogens with one attached hydrogen (secondary N) is 1. The molecule has 3 heterocycles. The molecule has 0 radical (unpaired) electrons. The summed E-state index contributed by atoms with van der Waals surface area (Å²) in [5, 5.41) is 2.68. The van der Waals surface area contributed by atoms with E-state index in [0.29, 0.717) is 9.73 Å². The fourth-order valence-corrected chi connectivity index (χ4v) is 5.03. The lowest BCUT2D eigenvalue weighted by atomic mass is 10.1. The predicted octanol–water partition coefficient (Wildman–Crippen LogP) is 4.43. The highest BCUT2D eigenvalue weighted by Crippen LogP contribution is 2.38. The highest BCUT2D eigenvalue weighted by atomic mass is 32.1. The maximum absolute atomic E-state index is 13.9. The van der Waals surface area contributed by atoms with Crippen molar-refractivity contribution in [2.24, 2.45) is 0 Å². The van der Waals surface area contributed by atoms with Gasteiger partial charge in [0.15, 0.2) is 0 Å². The van der Waals surface area contributed by atoms with Gasteiger partial charge in [-0.3, -0.25) is 23.9 Å². The first kappa shape index (κ1) is 22.8. The second-order valence-electron chi connectivity index (χ2n) is 7.96. The molecule has 0 saturated carbocycles. The van der Waals surface area contributed by atoms with E-state index in [1.807, 2.05) is 30.3 Å². The molecule has 2 aromatic carbocycles. The Balaban J connectivity index is 1.53. The van der Waals surface area contributed by atoms with Crippen molar-refractivity contribution in [3.05, 3.63) is 77.3 Å². The maximum atomic E-state index is 13.9. The molecule has 1 N–H and O–H groups in total. The van der Waals surface area contributed by atoms with Gasteiger partial charge in [0.05, 0.1) is 29.5 Å². The smallest absolute Gasteiger partial charge is 0.324 e. The van der Waals surface area contributed by atoms with Gasteiger partial charge in [0, 0.05) is 4.88 Å². The van der Waals surface area contributed by atoms with Gasteiger partial charge in [-0.2, -0.15) is 13.2 Å². The molecule has 1 atom stereocenters. The fourth-order valence-electron chi connectivity index (χ4n) is 4.03. The second kappa shape index (κ2) is 8.66. The van der Waals surface area contributed by atoms with Crippen LogP contribution in [0.5, 0.6) is 0 Å². The van der Waals surface area contributed by atoms with E-state index >= 15 is 0 Å². The molecule has 178 valence electrons. The van der Waals surface area contributed by atoms with E-state index in [0.717, 1.165) is 21.3 Å². The van der Waals surface area contributed by atoms with Crippen molar-refractivity contribution in [1.82, 2.24) is 9.55 Å². The number of halogens is 3. The molecule has 11 heteroatoms. The SMILES string of the molecule is O=C1CC(C(F)(F)F)N(C(=O)Cn2cnc3sc(-c4ccccc4)cc3c2=O)c2ccccc2N1. The van der Waals surface area contributed by atoms with E-state index < -0.39 is 42.6 Å². The lowest BCUT2D eigenvalue weighted by Gasteiger charge is -2.31. The molecule has 7 nitrogen and oxygen atoms in total. The molecule has 2 amide bonds. The molecule has 0 aliphatic carbocycles. The van der Waals surface area contributed by atoms with Crippen LogP contribution in [0.4, 0.5) is 24.5 Å². The molecule has 0 bridgehead atoms. The number of nitrogens with zero attached hydrogens (tertiary/aromatic N) is 3. The van der Waals surface area contributed by atoms with Crippen LogP contribution in [0, 0.1) is 0 Å². The van der Waals surface area contributed by atoms with E-state index in [9.17, 15) is 27.6 Å². The molecule has 0 fully saturated rings. The molecule has 1 aliphatic heterocycles. The van der Waals surface area contributed by atoms with E-state index in [4.69, 9.17) is 0 Å². The summed E-state index contributed by atoms with van der Waals surface area (Å²) in [6.07, 6.45) is -4.67. The number of hydrogen-bond acceptors (Lipinski definition) is 5. The van der Waals surface area contributed by atoms with Crippen molar-refractivity contribution in [1.29, 1.82) is 0 Å². The lowest BCUT2D eigenvalue weighted by Crippen LogP contribution is -2.51. The van der Waals surface area contributed by atoms with Crippen molar-refractivity contribution in [3.8, 4) is 10.4 Å². The van der Waals surface area contributed by atoms with Gasteiger partial charge in [-0.25, -0.2) is 4.98 Å². The molecule has 0 saturated heterocycles. The number of carbonyl (C=O) groups excluding carboxylic acids is 2. The quantitative estimate of drug-likeness (QED) is 0.453. The number of carbonyl (C=O) groups is 2. The second-order valence-corrected chi connectivity index (χ2v) is 8.99. The number of alkyl halides is 3. The summed E-state index contributed by atoms with van der Waals surface area (Å²) < 4.78 is 42.8. The largest absolute Gasteiger partial charge is 0.409 e. The summed E-state index contributed by atoms with van der Waals surface area (Å²) >= 11 is 1.30. The highest BCUT2D eigenvalue weighted by molar-refractivity contribution is 7.21. The Hall–Kier alpha value is -3.99. The van der Waals surface area contributed by atoms with Crippen molar-refractivity contribution in [3.63, 3.8) is 0 Å². The van der Waals surface area contributed by atoms with Crippen LogP contribution < -0.4 is 15.8 Å². The number of amides is 2. The first-order valence-electron chi connectivity index (χ1n) is 10.5. The summed E-state index contributed by atoms with van der Waals surface area (Å²) in [7, 11) is 0. The van der Waals surface area contributed by atoms with Crippen LogP contribution in [0.25, 0.3) is 20.7 Å². The zero-order valence-electron chi connectivity index (χ0n) is 18.0. The summed E-state index contributed by atoms with van der Waals surface area (Å²) in [4.78, 5) is 44.6. The van der Waals surface area contributed by atoms with Crippen LogP contribution in [0.1, 0.15) is 6.42 Å². The third kappa shape index (κ3) is 4.30. The van der Waals surface area contributed by atoms with Crippen LogP contribution in [0.15, 0.2) is 71.8 Å². The number of aromatic nitrogens is 2. The predicted molar refractivity (Wildman–Crippen MR) is 126 cm³/mol. The Labute approximate surface area is 200 Å². The standard InChI is InChI=1S/C24H17F3N4O3S/c25-24(26,27)19-11-20(32)29-16-8-4-5-9-17(16)31(19)21(33)12-30-13-28-22-15(23(30)34)10-18(35-22)14-6-2-1-3-7-14/h1-10,13,19H,11-12H2,(H,29,32). The van der Waals surface area contributed by atoms with Crippen LogP contribution in [-0.2, 0) is 16.1 Å². The average molecular weight is 498 g/mol. The zero-order valence-corrected chi connectivity index (χ0v) is 18.8. The summed E-state index contributed by atoms with van der Waals surface area (Å²) in [6.45, 7) is -0.673. The van der Waals surface area contributed by atoms with Gasteiger partial charge in [-0.1, -0.05) is 42.5 Å². The van der Waals surface area contributed by atoms with E-state index in [1.165, 1.54) is 29.5 Å². The van der Waals surface area contributed by atoms with E-state index in [-0.39, 0.29) is 16.8 Å². The summed E-state index contributed by atoms with van der Waals surface area (Å²) in [6, 6.07) is 14.4. The first-order valence-corrected chi connectivity index (χ1v) is 11.4. The number of rotatable bonds is 3. The highest BCUT2D eigenvalue weighted by Gasteiger charge is 2.49. The minimum atomic E-state index is -4.87. The molecular formula is C24H17F3N4O3S. The first-order chi connectivity index (χ1) is 16.7. The van der Waals surface area contributed by atoms with Gasteiger partial charge < -0.3 is 5.32 Å². The Bertz CT molecular complexity index is 1500. The van der Waals surface area contributed by atoms with Crippen LogP contribution in [0.3, 0.4) is 0 Å². The Morgan fingerprint density at radius 3 is 2.54 bits per heavy atom. The van der Waals surface area contributed by atoms with Gasteiger partial charge in [0.1, 0.15) is 17.4 Å². The summed E-state index contributed by atoms with van der Waals surface area (Å²) in [5.74, 6) is -1.85. The maximum Gasteiger partial charge on any atom is 0.409 e. The average Bonchev–Trinajstić information content (AvgIpc) is 3.20. The minimum Gasteiger partial charge on any atom is -0.324 e. The number of fused-ring (bicyclic) bond motifs is 2. The van der Waals surface area contributed by atoms with Crippen molar-refractivity contribution >= 4 is 44.7 Å². The zero-order chi connectivity index (χ0) is 24.7. The van der Waals surface area contributed by atoms with Crippen molar-refractivity contribution in [2.75, 3.05) is 10.2 Å². The summed E-state index contributed by atoms with van der Waals surface area (Å²) in [5.41, 5.74) is 0.352. The normalized spacial score (nSPS) is 16.0.